The van der Waals surface area contributed by atoms with E-state index in [-0.39, 0.29) is 11.6 Å². The van der Waals surface area contributed by atoms with Crippen LogP contribution in [0.4, 0.5) is 11.4 Å². The van der Waals surface area contributed by atoms with Crippen molar-refractivity contribution in [2.75, 3.05) is 5.32 Å². The van der Waals surface area contributed by atoms with Crippen LogP contribution in [0, 0.1) is 24.0 Å². The minimum atomic E-state index is -0.504. The number of hydrogen-bond donors (Lipinski definition) is 1. The third-order valence-corrected chi connectivity index (χ3v) is 4.01. The molecule has 3 aromatic rings. The number of aromatic nitrogens is 2. The number of hydrogen-bond acceptors (Lipinski definition) is 4. The van der Waals surface area contributed by atoms with E-state index in [2.05, 4.69) is 26.2 Å². The Bertz CT molecular complexity index is 981. The number of halogens is 1. The Morgan fingerprint density at radius 2 is 2.08 bits per heavy atom. The molecule has 0 bridgehead atoms. The number of anilines is 1. The van der Waals surface area contributed by atoms with Crippen molar-refractivity contribution in [3.05, 3.63) is 68.1 Å². The summed E-state index contributed by atoms with van der Waals surface area (Å²) >= 11 is 3.41. The summed E-state index contributed by atoms with van der Waals surface area (Å²) in [6.07, 6.45) is 1.77. The minimum absolute atomic E-state index is 0.0822. The van der Waals surface area contributed by atoms with Crippen molar-refractivity contribution in [3.8, 4) is 0 Å². The second-order valence-corrected chi connectivity index (χ2v) is 6.26. The first-order valence-corrected chi connectivity index (χ1v) is 7.86. The number of carbonyl (C=O) groups is 1. The van der Waals surface area contributed by atoms with Gasteiger partial charge in [-0.1, -0.05) is 6.07 Å². The smallest absolute Gasteiger partial charge is 0.274 e. The van der Waals surface area contributed by atoms with E-state index in [1.807, 2.05) is 13.0 Å². The van der Waals surface area contributed by atoms with Gasteiger partial charge in [-0.3, -0.25) is 19.3 Å². The Balaban J connectivity index is 2.02. The minimum Gasteiger partial charge on any atom is -0.320 e. The average molecular weight is 389 g/mol. The quantitative estimate of drug-likeness (QED) is 0.544. The van der Waals surface area contributed by atoms with Crippen molar-refractivity contribution in [2.45, 2.75) is 13.8 Å². The summed E-state index contributed by atoms with van der Waals surface area (Å²) in [5.41, 5.74) is 2.87. The second kappa shape index (κ2) is 6.04. The molecule has 0 aliphatic heterocycles. The molecule has 0 aliphatic rings. The number of imidazole rings is 1. The van der Waals surface area contributed by atoms with E-state index in [9.17, 15) is 14.9 Å². The van der Waals surface area contributed by atoms with E-state index >= 15 is 0 Å². The Labute approximate surface area is 145 Å². The van der Waals surface area contributed by atoms with Crippen LogP contribution >= 0.6 is 15.9 Å². The SMILES string of the molecule is Cc1nc2c(C)cc(Br)cn2c1C(=O)Nc1cccc([N+](=O)[O-])c1. The predicted octanol–water partition coefficient (Wildman–Crippen LogP) is 3.87. The Morgan fingerprint density at radius 3 is 2.79 bits per heavy atom. The number of nitrogens with one attached hydrogen (secondary N) is 1. The molecular weight excluding hydrogens is 376 g/mol. The fourth-order valence-electron chi connectivity index (χ4n) is 2.54. The lowest BCUT2D eigenvalue weighted by Crippen LogP contribution is -2.15. The molecule has 0 atom stereocenters. The van der Waals surface area contributed by atoms with Gasteiger partial charge in [-0.15, -0.1) is 0 Å². The van der Waals surface area contributed by atoms with Gasteiger partial charge in [0.25, 0.3) is 11.6 Å². The lowest BCUT2D eigenvalue weighted by atomic mass is 10.2. The molecule has 2 aromatic heterocycles. The second-order valence-electron chi connectivity index (χ2n) is 5.34. The maximum Gasteiger partial charge on any atom is 0.274 e. The van der Waals surface area contributed by atoms with Crippen LogP contribution in [0.15, 0.2) is 41.0 Å². The molecule has 0 radical (unpaired) electrons. The molecule has 3 rings (SSSR count). The molecule has 122 valence electrons. The predicted molar refractivity (Wildman–Crippen MR) is 93.4 cm³/mol. The highest BCUT2D eigenvalue weighted by molar-refractivity contribution is 9.10. The number of non-ortho nitro benzene ring substituents is 1. The lowest BCUT2D eigenvalue weighted by Gasteiger charge is -2.07. The van der Waals surface area contributed by atoms with E-state index in [1.165, 1.54) is 18.2 Å². The van der Waals surface area contributed by atoms with Gasteiger partial charge in [-0.05, 0) is 47.5 Å². The molecule has 0 saturated carbocycles. The molecule has 0 fully saturated rings. The molecule has 2 heterocycles. The molecule has 0 saturated heterocycles. The van der Waals surface area contributed by atoms with Gasteiger partial charge in [0.2, 0.25) is 0 Å². The van der Waals surface area contributed by atoms with Crippen molar-refractivity contribution in [1.29, 1.82) is 0 Å². The third kappa shape index (κ3) is 2.88. The third-order valence-electron chi connectivity index (χ3n) is 3.57. The van der Waals surface area contributed by atoms with Crippen LogP contribution in [0.5, 0.6) is 0 Å². The largest absolute Gasteiger partial charge is 0.320 e. The number of nitro groups is 1. The summed E-state index contributed by atoms with van der Waals surface area (Å²) in [6, 6.07) is 7.73. The molecule has 0 spiro atoms. The summed E-state index contributed by atoms with van der Waals surface area (Å²) in [4.78, 5) is 27.4. The number of amides is 1. The highest BCUT2D eigenvalue weighted by Gasteiger charge is 2.19. The first kappa shape index (κ1) is 16.1. The van der Waals surface area contributed by atoms with Gasteiger partial charge < -0.3 is 5.32 Å². The number of carbonyl (C=O) groups excluding carboxylic acids is 1. The summed E-state index contributed by atoms with van der Waals surface area (Å²) in [5.74, 6) is -0.377. The van der Waals surface area contributed by atoms with E-state index in [0.717, 1.165) is 10.0 Å². The Hall–Kier alpha value is -2.74. The van der Waals surface area contributed by atoms with Crippen molar-refractivity contribution in [3.63, 3.8) is 0 Å². The number of aryl methyl sites for hydroxylation is 2. The van der Waals surface area contributed by atoms with Crippen molar-refractivity contribution >= 4 is 38.9 Å². The zero-order valence-electron chi connectivity index (χ0n) is 12.9. The van der Waals surface area contributed by atoms with Crippen LogP contribution in [0.1, 0.15) is 21.7 Å². The molecule has 1 aromatic carbocycles. The van der Waals surface area contributed by atoms with Crippen molar-refractivity contribution < 1.29 is 9.72 Å². The summed E-state index contributed by atoms with van der Waals surface area (Å²) < 4.78 is 2.54. The van der Waals surface area contributed by atoms with Crippen LogP contribution in [0.2, 0.25) is 0 Å². The molecule has 24 heavy (non-hydrogen) atoms. The number of benzene rings is 1. The van der Waals surface area contributed by atoms with Gasteiger partial charge in [-0.2, -0.15) is 0 Å². The van der Waals surface area contributed by atoms with Gasteiger partial charge in [0.15, 0.2) is 0 Å². The lowest BCUT2D eigenvalue weighted by molar-refractivity contribution is -0.384. The normalized spacial score (nSPS) is 10.8. The van der Waals surface area contributed by atoms with Crippen LogP contribution in [0.3, 0.4) is 0 Å². The number of rotatable bonds is 3. The first-order valence-electron chi connectivity index (χ1n) is 7.07. The monoisotopic (exact) mass is 388 g/mol. The molecule has 7 nitrogen and oxygen atoms in total. The Kier molecular flexibility index (Phi) is 4.06. The van der Waals surface area contributed by atoms with Crippen molar-refractivity contribution in [1.82, 2.24) is 9.38 Å². The number of pyridine rings is 1. The topological polar surface area (TPSA) is 89.5 Å². The van der Waals surface area contributed by atoms with Crippen LogP contribution in [-0.4, -0.2) is 20.2 Å². The molecule has 8 heteroatoms. The standard InChI is InChI=1S/C16H13BrN4O3/c1-9-6-11(17)8-20-14(10(2)18-15(9)20)16(22)19-12-4-3-5-13(7-12)21(23)24/h3-8H,1-2H3,(H,19,22). The van der Waals surface area contributed by atoms with Gasteiger partial charge >= 0.3 is 0 Å². The maximum atomic E-state index is 12.7. The van der Waals surface area contributed by atoms with E-state index < -0.39 is 4.92 Å². The van der Waals surface area contributed by atoms with Crippen LogP contribution < -0.4 is 5.32 Å². The zero-order valence-corrected chi connectivity index (χ0v) is 14.5. The summed E-state index contributed by atoms with van der Waals surface area (Å²) in [5, 5.41) is 13.5. The van der Waals surface area contributed by atoms with Crippen LogP contribution in [-0.2, 0) is 0 Å². The molecule has 0 unspecified atom stereocenters. The summed E-state index contributed by atoms with van der Waals surface area (Å²) in [6.45, 7) is 3.66. The fourth-order valence-corrected chi connectivity index (χ4v) is 3.09. The number of nitro benzene ring substituents is 1. The number of nitrogens with zero attached hydrogens (tertiary/aromatic N) is 3. The molecule has 1 amide bonds. The molecular formula is C16H13BrN4O3. The average Bonchev–Trinajstić information content (AvgIpc) is 2.84. The van der Waals surface area contributed by atoms with E-state index in [1.54, 1.807) is 23.6 Å². The fraction of sp³-hybridized carbons (Fsp3) is 0.125. The van der Waals surface area contributed by atoms with E-state index in [0.29, 0.717) is 22.7 Å². The molecule has 1 N–H and O–H groups in total. The highest BCUT2D eigenvalue weighted by Crippen LogP contribution is 2.22. The Morgan fingerprint density at radius 1 is 1.33 bits per heavy atom. The number of fused-ring (bicyclic) bond motifs is 1. The zero-order chi connectivity index (χ0) is 17.4. The van der Waals surface area contributed by atoms with Gasteiger partial charge in [0.05, 0.1) is 10.6 Å². The first-order chi connectivity index (χ1) is 11.4. The van der Waals surface area contributed by atoms with Gasteiger partial charge in [0, 0.05) is 28.5 Å². The van der Waals surface area contributed by atoms with E-state index in [4.69, 9.17) is 0 Å². The summed E-state index contributed by atoms with van der Waals surface area (Å²) in [7, 11) is 0. The van der Waals surface area contributed by atoms with Gasteiger partial charge in [-0.25, -0.2) is 4.98 Å². The van der Waals surface area contributed by atoms with Gasteiger partial charge in [0.1, 0.15) is 11.3 Å². The highest BCUT2D eigenvalue weighted by atomic mass is 79.9. The molecule has 0 aliphatic carbocycles. The van der Waals surface area contributed by atoms with Crippen LogP contribution in [0.25, 0.3) is 5.65 Å². The van der Waals surface area contributed by atoms with Crippen molar-refractivity contribution in [2.24, 2.45) is 0 Å². The maximum absolute atomic E-state index is 12.7.